The topological polar surface area (TPSA) is 60.1 Å². The summed E-state index contributed by atoms with van der Waals surface area (Å²) in [7, 11) is 0. The first-order valence-corrected chi connectivity index (χ1v) is 11.4. The van der Waals surface area contributed by atoms with Gasteiger partial charge >= 0.3 is 0 Å². The van der Waals surface area contributed by atoms with E-state index >= 15 is 0 Å². The number of pyridine rings is 2. The molecule has 1 aromatic carbocycles. The lowest BCUT2D eigenvalue weighted by Crippen LogP contribution is -2.38. The molecule has 0 bridgehead atoms. The van der Waals surface area contributed by atoms with Gasteiger partial charge in [0.15, 0.2) is 6.20 Å². The summed E-state index contributed by atoms with van der Waals surface area (Å²) >= 11 is 6.30. The van der Waals surface area contributed by atoms with Crippen LogP contribution in [0.3, 0.4) is 0 Å². The number of hydrogen-bond donors (Lipinski definition) is 0. The molecule has 0 unspecified atom stereocenters. The molecule has 1 aliphatic heterocycles. The van der Waals surface area contributed by atoms with E-state index < -0.39 is 0 Å². The van der Waals surface area contributed by atoms with Crippen molar-refractivity contribution in [2.45, 2.75) is 32.1 Å². The van der Waals surface area contributed by atoms with Crippen LogP contribution in [0.4, 0.5) is 0 Å². The molecule has 0 N–H and O–H groups in total. The second-order valence-corrected chi connectivity index (χ2v) is 8.84. The van der Waals surface area contributed by atoms with Crippen molar-refractivity contribution in [3.63, 3.8) is 0 Å². The van der Waals surface area contributed by atoms with E-state index in [-0.39, 0.29) is 5.91 Å². The minimum Gasteiger partial charge on any atom is -0.618 e. The molecule has 3 heterocycles. The highest BCUT2D eigenvalue weighted by Crippen LogP contribution is 2.38. The zero-order valence-corrected chi connectivity index (χ0v) is 18.5. The minimum absolute atomic E-state index is 0.132. The molecule has 3 aromatic rings. The molecule has 2 aromatic heterocycles. The van der Waals surface area contributed by atoms with Gasteiger partial charge in [-0.25, -0.2) is 0 Å². The third-order valence-corrected chi connectivity index (χ3v) is 6.69. The predicted molar refractivity (Wildman–Crippen MR) is 124 cm³/mol. The summed E-state index contributed by atoms with van der Waals surface area (Å²) in [6.45, 7) is 1.32. The van der Waals surface area contributed by atoms with Crippen LogP contribution in [0.2, 0.25) is 5.02 Å². The lowest BCUT2D eigenvalue weighted by atomic mass is 9.88. The molecular weight excluding hydrogens is 422 g/mol. The van der Waals surface area contributed by atoms with Gasteiger partial charge in [-0.2, -0.15) is 4.73 Å². The summed E-state index contributed by atoms with van der Waals surface area (Å²) in [5.74, 6) is 0.132. The van der Waals surface area contributed by atoms with Crippen molar-refractivity contribution < 1.29 is 9.52 Å². The number of carbonyl (C=O) groups is 1. The smallest absolute Gasteiger partial charge is 0.227 e. The highest BCUT2D eigenvalue weighted by atomic mass is 35.5. The number of benzene rings is 1. The van der Waals surface area contributed by atoms with Crippen molar-refractivity contribution >= 4 is 23.1 Å². The molecule has 1 fully saturated rings. The predicted octanol–water partition coefficient (Wildman–Crippen LogP) is 4.13. The third-order valence-electron chi connectivity index (χ3n) is 6.46. The summed E-state index contributed by atoms with van der Waals surface area (Å²) in [5.41, 5.74) is 7.32. The van der Waals surface area contributed by atoms with Crippen LogP contribution in [0, 0.1) is 5.21 Å². The second-order valence-electron chi connectivity index (χ2n) is 8.40. The number of halogens is 1. The van der Waals surface area contributed by atoms with Crippen LogP contribution < -0.4 is 4.73 Å². The molecular formula is C26H24ClN3O2. The van der Waals surface area contributed by atoms with E-state index in [1.165, 1.54) is 11.1 Å². The van der Waals surface area contributed by atoms with Crippen molar-refractivity contribution in [1.82, 2.24) is 9.88 Å². The number of nitrogens with zero attached hydrogens (tertiary/aromatic N) is 3. The fourth-order valence-electron chi connectivity index (χ4n) is 4.84. The van der Waals surface area contributed by atoms with Gasteiger partial charge < -0.3 is 10.1 Å². The highest BCUT2D eigenvalue weighted by Gasteiger charge is 2.30. The normalized spacial score (nSPS) is 15.7. The van der Waals surface area contributed by atoms with Gasteiger partial charge in [-0.05, 0) is 72.7 Å². The van der Waals surface area contributed by atoms with Gasteiger partial charge in [0.2, 0.25) is 11.6 Å². The number of amides is 1. The monoisotopic (exact) mass is 445 g/mol. The number of rotatable bonds is 2. The van der Waals surface area contributed by atoms with E-state index in [4.69, 9.17) is 11.6 Å². The Morgan fingerprint density at radius 1 is 1.03 bits per heavy atom. The number of hydrogen-bond acceptors (Lipinski definition) is 3. The molecule has 1 amide bonds. The molecule has 6 heteroatoms. The van der Waals surface area contributed by atoms with E-state index in [0.717, 1.165) is 58.4 Å². The van der Waals surface area contributed by atoms with Crippen molar-refractivity contribution in [3.8, 4) is 0 Å². The van der Waals surface area contributed by atoms with E-state index in [1.54, 1.807) is 18.6 Å². The van der Waals surface area contributed by atoms with Gasteiger partial charge in [0.1, 0.15) is 0 Å². The fourth-order valence-corrected chi connectivity index (χ4v) is 5.03. The molecule has 5 nitrogen and oxygen atoms in total. The van der Waals surface area contributed by atoms with Crippen molar-refractivity contribution in [1.29, 1.82) is 0 Å². The van der Waals surface area contributed by atoms with Gasteiger partial charge in [0.05, 0.1) is 12.0 Å². The fraction of sp³-hybridized carbons (Fsp3) is 0.269. The number of fused-ring (bicyclic) bond motifs is 2. The molecule has 32 heavy (non-hydrogen) atoms. The molecule has 1 saturated heterocycles. The zero-order valence-electron chi connectivity index (χ0n) is 17.8. The number of carbonyl (C=O) groups excluding carboxylic acids is 1. The first-order valence-electron chi connectivity index (χ1n) is 11.0. The van der Waals surface area contributed by atoms with Crippen molar-refractivity contribution in [2.75, 3.05) is 13.1 Å². The molecule has 0 saturated carbocycles. The Morgan fingerprint density at radius 3 is 2.56 bits per heavy atom. The van der Waals surface area contributed by atoms with E-state index in [2.05, 4.69) is 4.98 Å². The van der Waals surface area contributed by atoms with Gasteiger partial charge in [0, 0.05) is 42.1 Å². The maximum atomic E-state index is 12.9. The molecule has 5 rings (SSSR count). The second kappa shape index (κ2) is 8.75. The Bertz CT molecular complexity index is 1200. The largest absolute Gasteiger partial charge is 0.618 e. The first kappa shape index (κ1) is 20.7. The van der Waals surface area contributed by atoms with Crippen LogP contribution in [0.5, 0.6) is 0 Å². The lowest BCUT2D eigenvalue weighted by molar-refractivity contribution is -0.608. The first-order chi connectivity index (χ1) is 15.6. The average molecular weight is 446 g/mol. The summed E-state index contributed by atoms with van der Waals surface area (Å²) in [6.07, 6.45) is 8.56. The van der Waals surface area contributed by atoms with Crippen molar-refractivity contribution in [3.05, 3.63) is 105 Å². The van der Waals surface area contributed by atoms with Crippen LogP contribution in [0.25, 0.3) is 5.57 Å². The molecule has 0 radical (unpaired) electrons. The Balaban J connectivity index is 1.48. The van der Waals surface area contributed by atoms with Crippen LogP contribution in [-0.4, -0.2) is 28.9 Å². The van der Waals surface area contributed by atoms with Crippen LogP contribution in [-0.2, 0) is 24.1 Å². The molecule has 162 valence electrons. The zero-order chi connectivity index (χ0) is 22.1. The van der Waals surface area contributed by atoms with Gasteiger partial charge in [-0.15, -0.1) is 0 Å². The molecule has 1 aliphatic carbocycles. The van der Waals surface area contributed by atoms with Crippen LogP contribution >= 0.6 is 11.6 Å². The number of piperidine rings is 1. The highest BCUT2D eigenvalue weighted by molar-refractivity contribution is 6.30. The summed E-state index contributed by atoms with van der Waals surface area (Å²) in [6, 6.07) is 13.6. The lowest BCUT2D eigenvalue weighted by Gasteiger charge is -2.30. The molecule has 2 aliphatic rings. The third kappa shape index (κ3) is 4.00. The Kier molecular flexibility index (Phi) is 5.66. The Morgan fingerprint density at radius 2 is 1.78 bits per heavy atom. The number of aromatic nitrogens is 2. The van der Waals surface area contributed by atoms with Crippen LogP contribution in [0.15, 0.2) is 66.6 Å². The average Bonchev–Trinajstić information content (AvgIpc) is 2.97. The standard InChI is InChI=1S/C26H24ClN3O2/c27-22-5-6-23-21(17-22)4-3-20-2-1-13-30(32)26(20)25(23)19-9-14-29(15-10-19)24(31)16-18-7-11-28-12-8-18/h1-2,5-8,11-13,17H,3-4,9-10,14-16H2. The molecule has 0 spiro atoms. The quantitative estimate of drug-likeness (QED) is 0.440. The maximum Gasteiger partial charge on any atom is 0.227 e. The maximum absolute atomic E-state index is 12.9. The van der Waals surface area contributed by atoms with E-state index in [0.29, 0.717) is 24.5 Å². The summed E-state index contributed by atoms with van der Waals surface area (Å²) < 4.78 is 1.00. The van der Waals surface area contributed by atoms with Gasteiger partial charge in [-0.3, -0.25) is 9.78 Å². The van der Waals surface area contributed by atoms with Gasteiger partial charge in [-0.1, -0.05) is 23.2 Å². The number of aryl methyl sites for hydroxylation is 2. The summed E-state index contributed by atoms with van der Waals surface area (Å²) in [5, 5.41) is 13.6. The minimum atomic E-state index is 0.132. The van der Waals surface area contributed by atoms with Gasteiger partial charge in [0.25, 0.3) is 0 Å². The SMILES string of the molecule is O=C(Cc1ccncc1)N1CCC(=C2c3ccc(Cl)cc3CCc3ccc[n+]([O-])c32)CC1. The van der Waals surface area contributed by atoms with Crippen LogP contribution in [0.1, 0.15) is 40.8 Å². The van der Waals surface area contributed by atoms with Crippen molar-refractivity contribution in [2.24, 2.45) is 0 Å². The number of likely N-dealkylation sites (tertiary alicyclic amines) is 1. The molecule has 0 atom stereocenters. The Labute approximate surface area is 192 Å². The van der Waals surface area contributed by atoms with E-state index in [9.17, 15) is 10.0 Å². The Hall–Kier alpha value is -3.18. The summed E-state index contributed by atoms with van der Waals surface area (Å²) in [4.78, 5) is 18.8. The van der Waals surface area contributed by atoms with E-state index in [1.807, 2.05) is 47.4 Å².